The Labute approximate surface area is 123 Å². The average molecular weight is 307 g/mol. The molecule has 112 valence electrons. The zero-order chi connectivity index (χ0) is 15.8. The minimum absolute atomic E-state index is 0.152. The lowest BCUT2D eigenvalue weighted by atomic mass is 10.1. The molecule has 21 heavy (non-hydrogen) atoms. The molecule has 0 radical (unpaired) electrons. The fraction of sp³-hybridized carbons (Fsp3) is 0.286. The summed E-state index contributed by atoms with van der Waals surface area (Å²) in [6.07, 6.45) is 1.10. The molecule has 0 aliphatic rings. The van der Waals surface area contributed by atoms with Crippen molar-refractivity contribution in [1.29, 1.82) is 0 Å². The normalized spacial score (nSPS) is 11.4. The highest BCUT2D eigenvalue weighted by atomic mass is 32.2. The third-order valence-corrected chi connectivity index (χ3v) is 3.66. The van der Waals surface area contributed by atoms with E-state index in [1.165, 1.54) is 4.68 Å². The predicted molar refractivity (Wildman–Crippen MR) is 82.9 cm³/mol. The van der Waals surface area contributed by atoms with Crippen LogP contribution in [0.2, 0.25) is 0 Å². The largest absolute Gasteiger partial charge is 0.283 e. The van der Waals surface area contributed by atoms with E-state index in [1.54, 1.807) is 26.1 Å². The number of rotatable bonds is 3. The van der Waals surface area contributed by atoms with Crippen LogP contribution in [0.25, 0.3) is 11.3 Å². The Balaban J connectivity index is 2.56. The van der Waals surface area contributed by atoms with E-state index in [2.05, 4.69) is 9.82 Å². The van der Waals surface area contributed by atoms with Crippen LogP contribution in [0.3, 0.4) is 0 Å². The zero-order valence-electron chi connectivity index (χ0n) is 12.3. The van der Waals surface area contributed by atoms with E-state index < -0.39 is 10.0 Å². The van der Waals surface area contributed by atoms with Crippen molar-refractivity contribution < 1.29 is 8.42 Å². The SMILES string of the molecule is Cc1ccc(-c2cc(C)c(=O)n(C)n2)cc1NS(C)(=O)=O. The molecule has 1 N–H and O–H groups in total. The quantitative estimate of drug-likeness (QED) is 0.930. The van der Waals surface area contributed by atoms with E-state index in [1.807, 2.05) is 19.1 Å². The summed E-state index contributed by atoms with van der Waals surface area (Å²) in [6, 6.07) is 7.06. The van der Waals surface area contributed by atoms with Gasteiger partial charge in [-0.25, -0.2) is 13.1 Å². The van der Waals surface area contributed by atoms with E-state index in [0.717, 1.165) is 17.4 Å². The fourth-order valence-electron chi connectivity index (χ4n) is 1.99. The van der Waals surface area contributed by atoms with E-state index in [9.17, 15) is 13.2 Å². The monoisotopic (exact) mass is 307 g/mol. The molecular weight excluding hydrogens is 290 g/mol. The molecule has 2 rings (SSSR count). The molecule has 0 spiro atoms. The highest BCUT2D eigenvalue weighted by molar-refractivity contribution is 7.92. The van der Waals surface area contributed by atoms with Crippen LogP contribution in [-0.2, 0) is 17.1 Å². The van der Waals surface area contributed by atoms with Crippen molar-refractivity contribution in [3.63, 3.8) is 0 Å². The minimum atomic E-state index is -3.35. The first-order valence-corrected chi connectivity index (χ1v) is 8.20. The first-order chi connectivity index (χ1) is 9.67. The topological polar surface area (TPSA) is 81.1 Å². The van der Waals surface area contributed by atoms with E-state index in [4.69, 9.17) is 0 Å². The van der Waals surface area contributed by atoms with Gasteiger partial charge in [0, 0.05) is 18.2 Å². The zero-order valence-corrected chi connectivity index (χ0v) is 13.2. The summed E-state index contributed by atoms with van der Waals surface area (Å²) in [4.78, 5) is 11.7. The van der Waals surface area contributed by atoms with Crippen LogP contribution in [-0.4, -0.2) is 24.5 Å². The number of nitrogens with zero attached hydrogens (tertiary/aromatic N) is 2. The van der Waals surface area contributed by atoms with Gasteiger partial charge >= 0.3 is 0 Å². The molecule has 1 aromatic heterocycles. The van der Waals surface area contributed by atoms with Gasteiger partial charge in [0.15, 0.2) is 0 Å². The maximum atomic E-state index is 11.7. The molecule has 2 aromatic rings. The second-order valence-corrected chi connectivity index (χ2v) is 6.79. The number of sulfonamides is 1. The van der Waals surface area contributed by atoms with Gasteiger partial charge in [-0.15, -0.1) is 0 Å². The molecule has 0 aliphatic carbocycles. The smallest absolute Gasteiger partial charge is 0.269 e. The lowest BCUT2D eigenvalue weighted by Crippen LogP contribution is -2.22. The van der Waals surface area contributed by atoms with E-state index in [0.29, 0.717) is 16.9 Å². The van der Waals surface area contributed by atoms with Crippen molar-refractivity contribution in [1.82, 2.24) is 9.78 Å². The lowest BCUT2D eigenvalue weighted by Gasteiger charge is -2.11. The van der Waals surface area contributed by atoms with Gasteiger partial charge in [0.25, 0.3) is 5.56 Å². The van der Waals surface area contributed by atoms with Gasteiger partial charge in [-0.2, -0.15) is 5.10 Å². The van der Waals surface area contributed by atoms with Gasteiger partial charge in [-0.05, 0) is 31.5 Å². The van der Waals surface area contributed by atoms with Crippen molar-refractivity contribution in [2.75, 3.05) is 11.0 Å². The third kappa shape index (κ3) is 3.49. The molecule has 6 nitrogen and oxygen atoms in total. The van der Waals surface area contributed by atoms with Gasteiger partial charge in [0.1, 0.15) is 0 Å². The molecule has 7 heteroatoms. The number of aryl methyl sites for hydroxylation is 3. The van der Waals surface area contributed by atoms with Crippen LogP contribution >= 0.6 is 0 Å². The maximum Gasteiger partial charge on any atom is 0.269 e. The molecule has 0 unspecified atom stereocenters. The first kappa shape index (κ1) is 15.2. The molecule has 0 bridgehead atoms. The van der Waals surface area contributed by atoms with Crippen molar-refractivity contribution in [3.8, 4) is 11.3 Å². The van der Waals surface area contributed by atoms with E-state index >= 15 is 0 Å². The fourth-order valence-corrected chi connectivity index (χ4v) is 2.61. The number of benzene rings is 1. The number of hydrogen-bond donors (Lipinski definition) is 1. The van der Waals surface area contributed by atoms with Crippen LogP contribution in [0.4, 0.5) is 5.69 Å². The molecule has 1 aromatic carbocycles. The molecule has 0 fully saturated rings. The highest BCUT2D eigenvalue weighted by Crippen LogP contribution is 2.24. The minimum Gasteiger partial charge on any atom is -0.283 e. The van der Waals surface area contributed by atoms with Crippen LogP contribution in [0.5, 0.6) is 0 Å². The number of hydrogen-bond acceptors (Lipinski definition) is 4. The maximum absolute atomic E-state index is 11.7. The van der Waals surface area contributed by atoms with Gasteiger partial charge in [0.2, 0.25) is 10.0 Å². The summed E-state index contributed by atoms with van der Waals surface area (Å²) in [6.45, 7) is 3.54. The van der Waals surface area contributed by atoms with Crippen molar-refractivity contribution >= 4 is 15.7 Å². The molecule has 0 amide bonds. The van der Waals surface area contributed by atoms with Gasteiger partial charge in [0.05, 0.1) is 17.6 Å². The van der Waals surface area contributed by atoms with Gasteiger partial charge in [-0.3, -0.25) is 9.52 Å². The Kier molecular flexibility index (Phi) is 3.87. The van der Waals surface area contributed by atoms with Crippen LogP contribution < -0.4 is 10.3 Å². The highest BCUT2D eigenvalue weighted by Gasteiger charge is 2.09. The summed E-state index contributed by atoms with van der Waals surface area (Å²) in [5, 5.41) is 4.20. The van der Waals surface area contributed by atoms with Crippen molar-refractivity contribution in [2.45, 2.75) is 13.8 Å². The molecule has 0 aliphatic heterocycles. The Morgan fingerprint density at radius 2 is 1.81 bits per heavy atom. The summed E-state index contributed by atoms with van der Waals surface area (Å²) >= 11 is 0. The summed E-state index contributed by atoms with van der Waals surface area (Å²) in [7, 11) is -1.76. The number of aromatic nitrogens is 2. The van der Waals surface area contributed by atoms with Crippen LogP contribution in [0, 0.1) is 13.8 Å². The van der Waals surface area contributed by atoms with Gasteiger partial charge < -0.3 is 0 Å². The van der Waals surface area contributed by atoms with Crippen LogP contribution in [0.1, 0.15) is 11.1 Å². The summed E-state index contributed by atoms with van der Waals surface area (Å²) in [5.41, 5.74) is 3.10. The molecule has 0 saturated carbocycles. The third-order valence-electron chi connectivity index (χ3n) is 3.07. The standard InChI is InChI=1S/C14H17N3O3S/c1-9-5-6-11(8-12(9)16-21(4,19)20)13-7-10(2)14(18)17(3)15-13/h5-8,16H,1-4H3. The number of nitrogens with one attached hydrogen (secondary N) is 1. The molecular formula is C14H17N3O3S. The van der Waals surface area contributed by atoms with Crippen molar-refractivity contribution in [2.24, 2.45) is 7.05 Å². The summed E-state index contributed by atoms with van der Waals surface area (Å²) in [5.74, 6) is 0. The molecule has 0 saturated heterocycles. The second-order valence-electron chi connectivity index (χ2n) is 5.05. The lowest BCUT2D eigenvalue weighted by molar-refractivity contribution is 0.607. The second kappa shape index (κ2) is 5.33. The van der Waals surface area contributed by atoms with Gasteiger partial charge in [-0.1, -0.05) is 12.1 Å². The summed E-state index contributed by atoms with van der Waals surface area (Å²) < 4.78 is 26.5. The van der Waals surface area contributed by atoms with Crippen LogP contribution in [0.15, 0.2) is 29.1 Å². The van der Waals surface area contributed by atoms with Crippen molar-refractivity contribution in [3.05, 3.63) is 45.7 Å². The Morgan fingerprint density at radius 3 is 2.38 bits per heavy atom. The predicted octanol–water partition coefficient (Wildman–Crippen LogP) is 1.44. The number of anilines is 1. The Hall–Kier alpha value is -2.15. The first-order valence-electron chi connectivity index (χ1n) is 6.31. The molecule has 0 atom stereocenters. The average Bonchev–Trinajstić information content (AvgIpc) is 2.36. The Morgan fingerprint density at radius 1 is 1.14 bits per heavy atom. The molecule has 1 heterocycles. The Bertz CT molecular complexity index is 828. The van der Waals surface area contributed by atoms with E-state index in [-0.39, 0.29) is 5.56 Å².